The van der Waals surface area contributed by atoms with Gasteiger partial charge in [0.15, 0.2) is 0 Å². The summed E-state index contributed by atoms with van der Waals surface area (Å²) in [5.74, 6) is -0.00806. The molecule has 4 heteroatoms. The van der Waals surface area contributed by atoms with Crippen molar-refractivity contribution < 1.29 is 4.79 Å². The maximum absolute atomic E-state index is 12.3. The van der Waals surface area contributed by atoms with Crippen LogP contribution in [0, 0.1) is 0 Å². The average Bonchev–Trinajstić information content (AvgIpc) is 2.85. The van der Waals surface area contributed by atoms with Crippen molar-refractivity contribution in [1.82, 2.24) is 0 Å². The van der Waals surface area contributed by atoms with Crippen molar-refractivity contribution in [3.05, 3.63) is 50.1 Å². The van der Waals surface area contributed by atoms with Gasteiger partial charge in [-0.15, -0.1) is 11.3 Å². The van der Waals surface area contributed by atoms with Crippen LogP contribution in [0.4, 0.5) is 5.69 Å². The normalized spacial score (nSPS) is 13.9. The number of anilines is 1. The summed E-state index contributed by atoms with van der Waals surface area (Å²) in [7, 11) is 0. The predicted molar refractivity (Wildman–Crippen MR) is 83.1 cm³/mol. The highest BCUT2D eigenvalue weighted by molar-refractivity contribution is 9.10. The van der Waals surface area contributed by atoms with Gasteiger partial charge in [-0.1, -0.05) is 12.1 Å². The van der Waals surface area contributed by atoms with E-state index in [2.05, 4.69) is 27.3 Å². The minimum absolute atomic E-state index is 0.00806. The molecule has 0 saturated heterocycles. The summed E-state index contributed by atoms with van der Waals surface area (Å²) >= 11 is 5.08. The second-order valence-corrected chi connectivity index (χ2v) is 6.69. The van der Waals surface area contributed by atoms with Crippen molar-refractivity contribution in [2.24, 2.45) is 0 Å². The number of halogens is 1. The van der Waals surface area contributed by atoms with E-state index in [1.165, 1.54) is 23.3 Å². The van der Waals surface area contributed by atoms with Gasteiger partial charge < -0.3 is 5.32 Å². The Labute approximate surface area is 125 Å². The Morgan fingerprint density at radius 3 is 2.79 bits per heavy atom. The Bertz CT molecular complexity index is 597. The summed E-state index contributed by atoms with van der Waals surface area (Å²) in [6, 6.07) is 9.74. The molecule has 0 atom stereocenters. The van der Waals surface area contributed by atoms with Crippen LogP contribution in [0.1, 0.15) is 33.0 Å². The number of para-hydroxylation sites is 1. The molecule has 98 valence electrons. The van der Waals surface area contributed by atoms with Gasteiger partial charge in [0.2, 0.25) is 0 Å². The van der Waals surface area contributed by atoms with E-state index in [0.717, 1.165) is 27.9 Å². The quantitative estimate of drug-likeness (QED) is 0.850. The van der Waals surface area contributed by atoms with Crippen LogP contribution < -0.4 is 5.32 Å². The summed E-state index contributed by atoms with van der Waals surface area (Å²) in [5, 5.41) is 2.96. The minimum Gasteiger partial charge on any atom is -0.320 e. The third-order valence-electron chi connectivity index (χ3n) is 3.34. The molecule has 0 saturated carbocycles. The molecule has 1 heterocycles. The van der Waals surface area contributed by atoms with Gasteiger partial charge >= 0.3 is 0 Å². The van der Waals surface area contributed by atoms with Gasteiger partial charge in [-0.3, -0.25) is 4.79 Å². The number of carbonyl (C=O) groups excluding carboxylic acids is 1. The molecule has 1 aliphatic carbocycles. The predicted octanol–water partition coefficient (Wildman–Crippen LogP) is 4.64. The van der Waals surface area contributed by atoms with E-state index in [1.807, 2.05) is 24.3 Å². The smallest absolute Gasteiger partial charge is 0.265 e. The van der Waals surface area contributed by atoms with Gasteiger partial charge in [-0.25, -0.2) is 0 Å². The number of fused-ring (bicyclic) bond motifs is 1. The van der Waals surface area contributed by atoms with E-state index >= 15 is 0 Å². The Kier molecular flexibility index (Phi) is 3.71. The third-order valence-corrected chi connectivity index (χ3v) is 5.27. The Morgan fingerprint density at radius 1 is 1.21 bits per heavy atom. The monoisotopic (exact) mass is 335 g/mol. The highest BCUT2D eigenvalue weighted by Crippen LogP contribution is 2.30. The second-order valence-electron chi connectivity index (χ2n) is 4.70. The van der Waals surface area contributed by atoms with Crippen LogP contribution in [0.15, 0.2) is 34.8 Å². The Balaban J connectivity index is 1.81. The molecular formula is C15H14BrNOS. The summed E-state index contributed by atoms with van der Waals surface area (Å²) in [6.07, 6.45) is 4.74. The van der Waals surface area contributed by atoms with Crippen molar-refractivity contribution in [3.8, 4) is 0 Å². The molecule has 1 amide bonds. The molecule has 0 fully saturated rings. The number of hydrogen-bond acceptors (Lipinski definition) is 2. The molecule has 0 radical (unpaired) electrons. The van der Waals surface area contributed by atoms with Crippen molar-refractivity contribution in [1.29, 1.82) is 0 Å². The van der Waals surface area contributed by atoms with Crippen molar-refractivity contribution >= 4 is 38.9 Å². The van der Waals surface area contributed by atoms with E-state index in [9.17, 15) is 4.79 Å². The molecule has 19 heavy (non-hydrogen) atoms. The lowest BCUT2D eigenvalue weighted by molar-refractivity contribution is 0.103. The zero-order valence-electron chi connectivity index (χ0n) is 10.4. The molecular weight excluding hydrogens is 322 g/mol. The number of hydrogen-bond donors (Lipinski definition) is 1. The van der Waals surface area contributed by atoms with Gasteiger partial charge in [0.05, 0.1) is 10.6 Å². The molecule has 0 spiro atoms. The van der Waals surface area contributed by atoms with Gasteiger partial charge in [0, 0.05) is 9.35 Å². The first-order chi connectivity index (χ1) is 9.24. The van der Waals surface area contributed by atoms with Crippen LogP contribution in [0.3, 0.4) is 0 Å². The zero-order valence-corrected chi connectivity index (χ0v) is 12.8. The van der Waals surface area contributed by atoms with Crippen LogP contribution in [0.5, 0.6) is 0 Å². The molecule has 0 bridgehead atoms. The molecule has 3 rings (SSSR count). The van der Waals surface area contributed by atoms with E-state index in [1.54, 1.807) is 11.3 Å². The number of aryl methyl sites for hydroxylation is 2. The molecule has 1 aliphatic rings. The first kappa shape index (κ1) is 12.9. The first-order valence-corrected chi connectivity index (χ1v) is 8.02. The lowest BCUT2D eigenvalue weighted by atomic mass is 9.99. The molecule has 2 aromatic rings. The molecule has 1 aromatic carbocycles. The van der Waals surface area contributed by atoms with Crippen LogP contribution in [0.25, 0.3) is 0 Å². The van der Waals surface area contributed by atoms with Crippen LogP contribution in [-0.4, -0.2) is 5.91 Å². The SMILES string of the molecule is O=C(Nc1ccccc1Br)c1cc2c(s1)CCCC2. The minimum atomic E-state index is -0.00806. The van der Waals surface area contributed by atoms with E-state index in [4.69, 9.17) is 0 Å². The number of amides is 1. The molecule has 0 unspecified atom stereocenters. The number of benzene rings is 1. The standard InChI is InChI=1S/C15H14BrNOS/c16-11-6-2-3-7-12(11)17-15(18)14-9-10-5-1-4-8-13(10)19-14/h2-3,6-7,9H,1,4-5,8H2,(H,17,18). The highest BCUT2D eigenvalue weighted by Gasteiger charge is 2.17. The number of carbonyl (C=O) groups is 1. The van der Waals surface area contributed by atoms with Gasteiger partial charge in [0.25, 0.3) is 5.91 Å². The third kappa shape index (κ3) is 2.74. The fourth-order valence-electron chi connectivity index (χ4n) is 2.35. The van der Waals surface area contributed by atoms with Crippen LogP contribution in [-0.2, 0) is 12.8 Å². The zero-order chi connectivity index (χ0) is 13.2. The van der Waals surface area contributed by atoms with Crippen LogP contribution in [0.2, 0.25) is 0 Å². The summed E-state index contributed by atoms with van der Waals surface area (Å²) in [5.41, 5.74) is 2.19. The molecule has 1 N–H and O–H groups in total. The van der Waals surface area contributed by atoms with E-state index in [0.29, 0.717) is 0 Å². The number of thiophene rings is 1. The average molecular weight is 336 g/mol. The summed E-state index contributed by atoms with van der Waals surface area (Å²) in [6.45, 7) is 0. The first-order valence-electron chi connectivity index (χ1n) is 6.41. The number of nitrogens with one attached hydrogen (secondary N) is 1. The topological polar surface area (TPSA) is 29.1 Å². The molecule has 2 nitrogen and oxygen atoms in total. The molecule has 1 aromatic heterocycles. The van der Waals surface area contributed by atoms with Gasteiger partial charge in [-0.05, 0) is 65.4 Å². The van der Waals surface area contributed by atoms with Crippen LogP contribution >= 0.6 is 27.3 Å². The van der Waals surface area contributed by atoms with Gasteiger partial charge in [0.1, 0.15) is 0 Å². The number of rotatable bonds is 2. The van der Waals surface area contributed by atoms with Crippen molar-refractivity contribution in [2.45, 2.75) is 25.7 Å². The summed E-state index contributed by atoms with van der Waals surface area (Å²) < 4.78 is 0.907. The van der Waals surface area contributed by atoms with Crippen molar-refractivity contribution in [3.63, 3.8) is 0 Å². The Morgan fingerprint density at radius 2 is 2.00 bits per heavy atom. The lowest BCUT2D eigenvalue weighted by Crippen LogP contribution is -2.10. The van der Waals surface area contributed by atoms with E-state index in [-0.39, 0.29) is 5.91 Å². The van der Waals surface area contributed by atoms with E-state index < -0.39 is 0 Å². The largest absolute Gasteiger partial charge is 0.320 e. The maximum Gasteiger partial charge on any atom is 0.265 e. The second kappa shape index (κ2) is 5.47. The highest BCUT2D eigenvalue weighted by atomic mass is 79.9. The molecule has 0 aliphatic heterocycles. The Hall–Kier alpha value is -1.13. The fraction of sp³-hybridized carbons (Fsp3) is 0.267. The van der Waals surface area contributed by atoms with Gasteiger partial charge in [-0.2, -0.15) is 0 Å². The summed E-state index contributed by atoms with van der Waals surface area (Å²) in [4.78, 5) is 14.5. The maximum atomic E-state index is 12.3. The fourth-order valence-corrected chi connectivity index (χ4v) is 3.88. The lowest BCUT2D eigenvalue weighted by Gasteiger charge is -2.08. The van der Waals surface area contributed by atoms with Crippen molar-refractivity contribution in [2.75, 3.05) is 5.32 Å².